The van der Waals surface area contributed by atoms with Gasteiger partial charge >= 0.3 is 5.97 Å². The molecular weight excluding hydrogens is 432 g/mol. The molecule has 0 saturated heterocycles. The van der Waals surface area contributed by atoms with Crippen molar-refractivity contribution in [2.24, 2.45) is 0 Å². The smallest absolute Gasteiger partial charge is 0.335 e. The molecule has 142 valence electrons. The van der Waals surface area contributed by atoms with Gasteiger partial charge in [0.2, 0.25) is 0 Å². The van der Waals surface area contributed by atoms with E-state index in [0.29, 0.717) is 10.4 Å². The highest BCUT2D eigenvalue weighted by molar-refractivity contribution is 9.10. The van der Waals surface area contributed by atoms with E-state index < -0.39 is 17.8 Å². The number of carboxylic acids is 1. The summed E-state index contributed by atoms with van der Waals surface area (Å²) in [7, 11) is 0. The Morgan fingerprint density at radius 1 is 1.07 bits per heavy atom. The molecule has 8 nitrogen and oxygen atoms in total. The van der Waals surface area contributed by atoms with Crippen LogP contribution in [-0.4, -0.2) is 22.9 Å². The van der Waals surface area contributed by atoms with E-state index in [2.05, 4.69) is 26.6 Å². The van der Waals surface area contributed by atoms with Crippen LogP contribution in [0.5, 0.6) is 0 Å². The van der Waals surface area contributed by atoms with Crippen LogP contribution in [-0.2, 0) is 4.79 Å². The van der Waals surface area contributed by atoms with Gasteiger partial charge in [0.1, 0.15) is 11.5 Å². The zero-order chi connectivity index (χ0) is 20.1. The fraction of sp³-hybridized carbons (Fsp3) is 0. The summed E-state index contributed by atoms with van der Waals surface area (Å²) in [5.41, 5.74) is 0.150. The van der Waals surface area contributed by atoms with Gasteiger partial charge in [-0.25, -0.2) is 4.79 Å². The van der Waals surface area contributed by atoms with Gasteiger partial charge < -0.3 is 24.6 Å². The second-order valence-corrected chi connectivity index (χ2v) is 6.25. The second kappa shape index (κ2) is 8.40. The fourth-order valence-corrected chi connectivity index (χ4v) is 2.53. The Labute approximate surface area is 167 Å². The van der Waals surface area contributed by atoms with Crippen molar-refractivity contribution in [1.29, 1.82) is 0 Å². The molecule has 2 aromatic heterocycles. The van der Waals surface area contributed by atoms with Crippen LogP contribution in [0, 0.1) is 0 Å². The Balaban J connectivity index is 1.84. The first-order chi connectivity index (χ1) is 13.4. The van der Waals surface area contributed by atoms with Gasteiger partial charge in [-0.2, -0.15) is 0 Å². The number of amides is 2. The van der Waals surface area contributed by atoms with E-state index in [1.165, 1.54) is 42.7 Å². The van der Waals surface area contributed by atoms with Crippen molar-refractivity contribution in [1.82, 2.24) is 5.32 Å². The lowest BCUT2D eigenvalue weighted by molar-refractivity contribution is -0.113. The van der Waals surface area contributed by atoms with Gasteiger partial charge in [-0.1, -0.05) is 6.07 Å². The molecule has 1 aromatic carbocycles. The van der Waals surface area contributed by atoms with Gasteiger partial charge in [0, 0.05) is 11.8 Å². The third kappa shape index (κ3) is 4.77. The molecule has 0 radical (unpaired) electrons. The molecule has 0 aliphatic rings. The Morgan fingerprint density at radius 2 is 1.89 bits per heavy atom. The number of anilines is 1. The molecule has 3 aromatic rings. The summed E-state index contributed by atoms with van der Waals surface area (Å²) in [6, 6.07) is 11.9. The van der Waals surface area contributed by atoms with Crippen molar-refractivity contribution in [3.8, 4) is 0 Å². The standard InChI is InChI=1S/C19H13BrN2O6/c20-16-7-6-15(28-16)18(24)22-14(10-13-5-2-8-27-13)17(23)21-12-4-1-3-11(9-12)19(25)26/h1-10H,(H,21,23)(H,22,24)(H,25,26)/b14-10-. The third-order valence-corrected chi connectivity index (χ3v) is 3.91. The molecule has 0 aliphatic heterocycles. The first kappa shape index (κ1) is 19.2. The number of carbonyl (C=O) groups is 3. The highest BCUT2D eigenvalue weighted by Gasteiger charge is 2.18. The van der Waals surface area contributed by atoms with Crippen molar-refractivity contribution >= 4 is 45.5 Å². The van der Waals surface area contributed by atoms with Crippen LogP contribution in [0.4, 0.5) is 5.69 Å². The van der Waals surface area contributed by atoms with Crippen molar-refractivity contribution in [3.05, 3.63) is 82.2 Å². The van der Waals surface area contributed by atoms with Crippen molar-refractivity contribution in [2.45, 2.75) is 0 Å². The van der Waals surface area contributed by atoms with Crippen LogP contribution in [0.15, 0.2) is 74.0 Å². The van der Waals surface area contributed by atoms with Gasteiger partial charge in [-0.05, 0) is 58.4 Å². The summed E-state index contributed by atoms with van der Waals surface area (Å²) in [5.74, 6) is -2.10. The molecule has 0 spiro atoms. The molecule has 0 saturated carbocycles. The molecule has 2 amide bonds. The predicted molar refractivity (Wildman–Crippen MR) is 103 cm³/mol. The van der Waals surface area contributed by atoms with Crippen molar-refractivity contribution in [2.75, 3.05) is 5.32 Å². The maximum atomic E-state index is 12.7. The van der Waals surface area contributed by atoms with E-state index >= 15 is 0 Å². The molecule has 0 unspecified atom stereocenters. The quantitative estimate of drug-likeness (QED) is 0.497. The Morgan fingerprint density at radius 3 is 2.54 bits per heavy atom. The molecule has 0 fully saturated rings. The fourth-order valence-electron chi connectivity index (χ4n) is 2.22. The summed E-state index contributed by atoms with van der Waals surface area (Å²) in [5, 5.41) is 14.1. The zero-order valence-corrected chi connectivity index (χ0v) is 15.7. The normalized spacial score (nSPS) is 11.1. The molecule has 2 heterocycles. The minimum Gasteiger partial charge on any atom is -0.478 e. The van der Waals surface area contributed by atoms with Crippen LogP contribution >= 0.6 is 15.9 Å². The first-order valence-electron chi connectivity index (χ1n) is 7.89. The Bertz CT molecular complexity index is 1050. The number of carbonyl (C=O) groups excluding carboxylic acids is 2. The van der Waals surface area contributed by atoms with E-state index in [1.54, 1.807) is 18.2 Å². The van der Waals surface area contributed by atoms with Gasteiger partial charge in [-0.3, -0.25) is 9.59 Å². The molecule has 3 N–H and O–H groups in total. The number of aromatic carboxylic acids is 1. The number of nitrogens with one attached hydrogen (secondary N) is 2. The average molecular weight is 445 g/mol. The maximum Gasteiger partial charge on any atom is 0.335 e. The highest BCUT2D eigenvalue weighted by Crippen LogP contribution is 2.16. The van der Waals surface area contributed by atoms with Crippen molar-refractivity contribution in [3.63, 3.8) is 0 Å². The lowest BCUT2D eigenvalue weighted by atomic mass is 10.2. The average Bonchev–Trinajstić information content (AvgIpc) is 3.33. The van der Waals surface area contributed by atoms with E-state index in [4.69, 9.17) is 13.9 Å². The third-order valence-electron chi connectivity index (χ3n) is 3.49. The molecule has 28 heavy (non-hydrogen) atoms. The minimum absolute atomic E-state index is 0.00195. The van der Waals surface area contributed by atoms with Gasteiger partial charge in [0.15, 0.2) is 10.4 Å². The summed E-state index contributed by atoms with van der Waals surface area (Å²) in [6.07, 6.45) is 2.76. The lowest BCUT2D eigenvalue weighted by Crippen LogP contribution is -2.30. The second-order valence-electron chi connectivity index (χ2n) is 5.47. The predicted octanol–water partition coefficient (Wildman–Crippen LogP) is 3.74. The molecule has 3 rings (SSSR count). The van der Waals surface area contributed by atoms with Gasteiger partial charge in [0.25, 0.3) is 11.8 Å². The Hall–Kier alpha value is -3.59. The number of carboxylic acid groups (broad SMARTS) is 1. The van der Waals surface area contributed by atoms with Crippen LogP contribution in [0.3, 0.4) is 0 Å². The van der Waals surface area contributed by atoms with E-state index in [9.17, 15) is 14.4 Å². The number of halogens is 1. The number of hydrogen-bond acceptors (Lipinski definition) is 5. The van der Waals surface area contributed by atoms with Crippen LogP contribution in [0.1, 0.15) is 26.7 Å². The molecule has 0 aliphatic carbocycles. The number of rotatable bonds is 6. The highest BCUT2D eigenvalue weighted by atomic mass is 79.9. The van der Waals surface area contributed by atoms with Gasteiger partial charge in [0.05, 0.1) is 11.8 Å². The largest absolute Gasteiger partial charge is 0.478 e. The minimum atomic E-state index is -1.13. The summed E-state index contributed by atoms with van der Waals surface area (Å²) >= 11 is 3.10. The van der Waals surface area contributed by atoms with Crippen molar-refractivity contribution < 1.29 is 28.3 Å². The monoisotopic (exact) mass is 444 g/mol. The number of benzene rings is 1. The topological polar surface area (TPSA) is 122 Å². The van der Waals surface area contributed by atoms with E-state index in [-0.39, 0.29) is 22.7 Å². The molecule has 0 bridgehead atoms. The van der Waals surface area contributed by atoms with Crippen LogP contribution < -0.4 is 10.6 Å². The van der Waals surface area contributed by atoms with Gasteiger partial charge in [-0.15, -0.1) is 0 Å². The molecule has 9 heteroatoms. The summed E-state index contributed by atoms with van der Waals surface area (Å²) in [6.45, 7) is 0. The maximum absolute atomic E-state index is 12.7. The number of hydrogen-bond donors (Lipinski definition) is 3. The van der Waals surface area contributed by atoms with Crippen LogP contribution in [0.2, 0.25) is 0 Å². The van der Waals surface area contributed by atoms with Crippen LogP contribution in [0.25, 0.3) is 6.08 Å². The summed E-state index contributed by atoms with van der Waals surface area (Å²) in [4.78, 5) is 36.1. The zero-order valence-electron chi connectivity index (χ0n) is 14.1. The van der Waals surface area contributed by atoms with E-state index in [1.807, 2.05) is 0 Å². The van der Waals surface area contributed by atoms with E-state index in [0.717, 1.165) is 0 Å². The number of furan rings is 2. The first-order valence-corrected chi connectivity index (χ1v) is 8.68. The molecule has 0 atom stereocenters. The Kier molecular flexibility index (Phi) is 5.75. The molecular formula is C19H13BrN2O6. The summed E-state index contributed by atoms with van der Waals surface area (Å²) < 4.78 is 10.7. The SMILES string of the molecule is O=C(Nc1cccc(C(=O)O)c1)/C(=C/c1ccco1)NC(=O)c1ccc(Br)o1. The lowest BCUT2D eigenvalue weighted by Gasteiger charge is -2.10.